The number of carboxylic acid groups (broad SMARTS) is 1. The van der Waals surface area contributed by atoms with E-state index >= 15 is 0 Å². The normalized spacial score (nSPS) is 11.6. The Labute approximate surface area is 158 Å². The third kappa shape index (κ3) is 4.82. The fraction of sp³-hybridized carbons (Fsp3) is 0.130. The topological polar surface area (TPSA) is 66.4 Å². The fourth-order valence-electron chi connectivity index (χ4n) is 2.96. The van der Waals surface area contributed by atoms with Gasteiger partial charge in [0.15, 0.2) is 0 Å². The van der Waals surface area contributed by atoms with E-state index in [1.54, 1.807) is 12.1 Å². The summed E-state index contributed by atoms with van der Waals surface area (Å²) in [7, 11) is 0. The second-order valence-corrected chi connectivity index (χ2v) is 6.50. The van der Waals surface area contributed by atoms with Crippen LogP contribution >= 0.6 is 0 Å². The molecule has 0 fully saturated rings. The van der Waals surface area contributed by atoms with Gasteiger partial charge in [0.25, 0.3) is 5.91 Å². The summed E-state index contributed by atoms with van der Waals surface area (Å²) in [6.07, 6.45) is 0.241. The summed E-state index contributed by atoms with van der Waals surface area (Å²) in [6.45, 7) is 1.95. The maximum atomic E-state index is 12.5. The van der Waals surface area contributed by atoms with Gasteiger partial charge in [-0.2, -0.15) is 0 Å². The largest absolute Gasteiger partial charge is 0.480 e. The number of benzene rings is 3. The van der Waals surface area contributed by atoms with E-state index in [1.165, 1.54) is 0 Å². The van der Waals surface area contributed by atoms with Gasteiger partial charge in [-0.15, -0.1) is 0 Å². The van der Waals surface area contributed by atoms with Crippen molar-refractivity contribution >= 4 is 11.9 Å². The van der Waals surface area contributed by atoms with Crippen molar-refractivity contribution in [2.45, 2.75) is 19.4 Å². The Morgan fingerprint density at radius 1 is 0.889 bits per heavy atom. The monoisotopic (exact) mass is 359 g/mol. The lowest BCUT2D eigenvalue weighted by Gasteiger charge is -2.15. The zero-order valence-electron chi connectivity index (χ0n) is 15.1. The molecule has 0 heterocycles. The summed E-state index contributed by atoms with van der Waals surface area (Å²) in [5.74, 6) is -1.44. The minimum atomic E-state index is -1.05. The third-order valence-corrected chi connectivity index (χ3v) is 4.38. The molecule has 0 aliphatic rings. The highest BCUT2D eigenvalue weighted by molar-refractivity contribution is 5.97. The van der Waals surface area contributed by atoms with Crippen LogP contribution < -0.4 is 5.32 Å². The zero-order valence-corrected chi connectivity index (χ0v) is 15.1. The van der Waals surface area contributed by atoms with Crippen molar-refractivity contribution in [1.29, 1.82) is 0 Å². The Morgan fingerprint density at radius 2 is 1.56 bits per heavy atom. The predicted molar refractivity (Wildman–Crippen MR) is 106 cm³/mol. The Hall–Kier alpha value is -3.40. The van der Waals surface area contributed by atoms with Crippen LogP contribution in [0.25, 0.3) is 11.1 Å². The van der Waals surface area contributed by atoms with Gasteiger partial charge in [0, 0.05) is 12.0 Å². The Balaban J connectivity index is 1.71. The van der Waals surface area contributed by atoms with E-state index in [-0.39, 0.29) is 6.42 Å². The molecule has 4 nitrogen and oxygen atoms in total. The first kappa shape index (κ1) is 18.4. The molecule has 2 N–H and O–H groups in total. The zero-order chi connectivity index (χ0) is 19.2. The van der Waals surface area contributed by atoms with Crippen LogP contribution in [-0.4, -0.2) is 23.0 Å². The minimum absolute atomic E-state index is 0.241. The van der Waals surface area contributed by atoms with E-state index in [2.05, 4.69) is 5.32 Å². The molecule has 136 valence electrons. The summed E-state index contributed by atoms with van der Waals surface area (Å²) >= 11 is 0. The van der Waals surface area contributed by atoms with Crippen LogP contribution in [0.2, 0.25) is 0 Å². The van der Waals surface area contributed by atoms with Gasteiger partial charge in [0.2, 0.25) is 0 Å². The maximum Gasteiger partial charge on any atom is 0.326 e. The van der Waals surface area contributed by atoms with E-state index in [0.29, 0.717) is 5.56 Å². The number of aliphatic carboxylic acids is 1. The van der Waals surface area contributed by atoms with Crippen LogP contribution in [0.4, 0.5) is 0 Å². The average Bonchev–Trinajstić information content (AvgIpc) is 2.68. The lowest BCUT2D eigenvalue weighted by Crippen LogP contribution is -2.42. The number of aryl methyl sites for hydroxylation is 1. The number of carbonyl (C=O) groups excluding carboxylic acids is 1. The molecule has 3 aromatic rings. The predicted octanol–water partition coefficient (Wildman–Crippen LogP) is 4.09. The lowest BCUT2D eigenvalue weighted by atomic mass is 10.0. The molecule has 0 unspecified atom stereocenters. The SMILES string of the molecule is Cc1cccc(C[C@@H](NC(=O)c2ccc(-c3ccccc3)cc2)C(=O)O)c1. The van der Waals surface area contributed by atoms with Crippen LogP contribution in [0.5, 0.6) is 0 Å². The lowest BCUT2D eigenvalue weighted by molar-refractivity contribution is -0.139. The van der Waals surface area contributed by atoms with Crippen LogP contribution in [0.3, 0.4) is 0 Å². The number of amides is 1. The molecule has 0 aliphatic carbocycles. The van der Waals surface area contributed by atoms with E-state index in [1.807, 2.05) is 73.7 Å². The third-order valence-electron chi connectivity index (χ3n) is 4.38. The first-order valence-electron chi connectivity index (χ1n) is 8.77. The molecule has 0 aromatic heterocycles. The molecule has 3 rings (SSSR count). The summed E-state index contributed by atoms with van der Waals surface area (Å²) in [5.41, 5.74) is 4.43. The maximum absolute atomic E-state index is 12.5. The smallest absolute Gasteiger partial charge is 0.326 e. The van der Waals surface area contributed by atoms with Gasteiger partial charge in [0.05, 0.1) is 0 Å². The van der Waals surface area contributed by atoms with Gasteiger partial charge in [0.1, 0.15) is 6.04 Å². The second kappa shape index (κ2) is 8.32. The van der Waals surface area contributed by atoms with Crippen molar-refractivity contribution in [2.75, 3.05) is 0 Å². The van der Waals surface area contributed by atoms with Crippen LogP contribution in [0.15, 0.2) is 78.9 Å². The van der Waals surface area contributed by atoms with Gasteiger partial charge in [-0.1, -0.05) is 72.3 Å². The Bertz CT molecular complexity index is 933. The molecular weight excluding hydrogens is 338 g/mol. The van der Waals surface area contributed by atoms with Gasteiger partial charge in [-0.3, -0.25) is 4.79 Å². The second-order valence-electron chi connectivity index (χ2n) is 6.50. The number of hydrogen-bond donors (Lipinski definition) is 2. The van der Waals surface area contributed by atoms with Gasteiger partial charge < -0.3 is 10.4 Å². The summed E-state index contributed by atoms with van der Waals surface area (Å²) < 4.78 is 0. The molecule has 1 amide bonds. The van der Waals surface area contributed by atoms with Crippen LogP contribution in [0.1, 0.15) is 21.5 Å². The molecule has 0 aliphatic heterocycles. The van der Waals surface area contributed by atoms with Crippen LogP contribution in [0, 0.1) is 6.92 Å². The molecule has 0 spiro atoms. The number of rotatable bonds is 6. The van der Waals surface area contributed by atoms with Crippen molar-refractivity contribution in [1.82, 2.24) is 5.32 Å². The quantitative estimate of drug-likeness (QED) is 0.697. The first-order valence-corrected chi connectivity index (χ1v) is 8.77. The highest BCUT2D eigenvalue weighted by atomic mass is 16.4. The molecule has 3 aromatic carbocycles. The van der Waals surface area contributed by atoms with Crippen molar-refractivity contribution in [3.8, 4) is 11.1 Å². The summed E-state index contributed by atoms with van der Waals surface area (Å²) in [5, 5.41) is 12.1. The van der Waals surface area contributed by atoms with E-state index in [9.17, 15) is 14.7 Å². The number of carbonyl (C=O) groups is 2. The van der Waals surface area contributed by atoms with Crippen molar-refractivity contribution in [3.05, 3.63) is 95.6 Å². The molecule has 0 saturated heterocycles. The molecule has 1 atom stereocenters. The van der Waals surface area contributed by atoms with Crippen molar-refractivity contribution in [3.63, 3.8) is 0 Å². The Kier molecular flexibility index (Phi) is 5.67. The Morgan fingerprint density at radius 3 is 2.19 bits per heavy atom. The molecule has 0 saturated carbocycles. The average molecular weight is 359 g/mol. The number of nitrogens with one attached hydrogen (secondary N) is 1. The summed E-state index contributed by atoms with van der Waals surface area (Å²) in [6, 6.07) is 23.7. The highest BCUT2D eigenvalue weighted by Gasteiger charge is 2.21. The number of carboxylic acids is 1. The van der Waals surface area contributed by atoms with Crippen molar-refractivity contribution < 1.29 is 14.7 Å². The standard InChI is InChI=1S/C23H21NO3/c1-16-6-5-7-17(14-16)15-21(23(26)27)24-22(25)20-12-10-19(11-13-20)18-8-3-2-4-9-18/h2-14,21H,15H2,1H3,(H,24,25)(H,26,27)/t21-/m1/s1. The highest BCUT2D eigenvalue weighted by Crippen LogP contribution is 2.19. The molecule has 4 heteroatoms. The van der Waals surface area contributed by atoms with Gasteiger partial charge in [-0.05, 0) is 35.7 Å². The molecule has 27 heavy (non-hydrogen) atoms. The first-order chi connectivity index (χ1) is 13.0. The van der Waals surface area contributed by atoms with Crippen LogP contribution in [-0.2, 0) is 11.2 Å². The van der Waals surface area contributed by atoms with E-state index in [4.69, 9.17) is 0 Å². The van der Waals surface area contributed by atoms with Crippen molar-refractivity contribution in [2.24, 2.45) is 0 Å². The summed E-state index contributed by atoms with van der Waals surface area (Å²) in [4.78, 5) is 24.1. The van der Waals surface area contributed by atoms with Gasteiger partial charge >= 0.3 is 5.97 Å². The molecule has 0 radical (unpaired) electrons. The molecular formula is C23H21NO3. The van der Waals surface area contributed by atoms with Gasteiger partial charge in [-0.25, -0.2) is 4.79 Å². The molecule has 0 bridgehead atoms. The van der Waals surface area contributed by atoms with E-state index in [0.717, 1.165) is 22.3 Å². The minimum Gasteiger partial charge on any atom is -0.480 e. The fourth-order valence-corrected chi connectivity index (χ4v) is 2.96. The van der Waals surface area contributed by atoms with E-state index < -0.39 is 17.9 Å². The number of hydrogen-bond acceptors (Lipinski definition) is 2.